The van der Waals surface area contributed by atoms with Crippen molar-refractivity contribution < 1.29 is 18.1 Å². The van der Waals surface area contributed by atoms with Gasteiger partial charge in [0.2, 0.25) is 0 Å². The van der Waals surface area contributed by atoms with E-state index in [0.29, 0.717) is 11.1 Å². The Bertz CT molecular complexity index is 448. The van der Waals surface area contributed by atoms with E-state index in [1.54, 1.807) is 13.8 Å². The molecule has 0 heterocycles. The number of aryl methyl sites for hydroxylation is 1. The number of hydrogen-bond donors (Lipinski definition) is 2. The summed E-state index contributed by atoms with van der Waals surface area (Å²) in [6.07, 6.45) is 0. The molecular formula is C9H12O4S. The van der Waals surface area contributed by atoms with E-state index in [0.717, 1.165) is 0 Å². The van der Waals surface area contributed by atoms with Gasteiger partial charge in [-0.15, -0.1) is 0 Å². The van der Waals surface area contributed by atoms with E-state index in [4.69, 9.17) is 4.55 Å². The highest BCUT2D eigenvalue weighted by Crippen LogP contribution is 2.29. The lowest BCUT2D eigenvalue weighted by atomic mass is 10.1. The van der Waals surface area contributed by atoms with E-state index >= 15 is 0 Å². The number of aromatic hydroxyl groups is 1. The molecule has 1 aromatic carbocycles. The third-order valence-electron chi connectivity index (χ3n) is 2.27. The first-order valence-corrected chi connectivity index (χ1v) is 5.46. The van der Waals surface area contributed by atoms with Crippen LogP contribution in [0.3, 0.4) is 0 Å². The predicted octanol–water partition coefficient (Wildman–Crippen LogP) is 1.56. The molecule has 0 fully saturated rings. The van der Waals surface area contributed by atoms with Gasteiger partial charge in [-0.25, -0.2) is 0 Å². The van der Waals surface area contributed by atoms with Gasteiger partial charge >= 0.3 is 0 Å². The Labute approximate surface area is 82.9 Å². The summed E-state index contributed by atoms with van der Waals surface area (Å²) in [5.74, 6) is -0.124. The highest BCUT2D eigenvalue weighted by atomic mass is 32.2. The number of benzene rings is 1. The van der Waals surface area contributed by atoms with Crippen molar-refractivity contribution >= 4 is 10.1 Å². The molecule has 0 saturated carbocycles. The van der Waals surface area contributed by atoms with E-state index in [1.807, 2.05) is 0 Å². The number of hydrogen-bond acceptors (Lipinski definition) is 3. The van der Waals surface area contributed by atoms with Crippen LogP contribution in [0, 0.1) is 20.8 Å². The summed E-state index contributed by atoms with van der Waals surface area (Å²) in [5, 5.41) is 9.39. The second-order valence-electron chi connectivity index (χ2n) is 3.27. The Hall–Kier alpha value is -1.07. The fourth-order valence-electron chi connectivity index (χ4n) is 1.39. The summed E-state index contributed by atoms with van der Waals surface area (Å²) in [6, 6.07) is 1.47. The van der Waals surface area contributed by atoms with Gasteiger partial charge in [-0.2, -0.15) is 8.42 Å². The predicted molar refractivity (Wildman–Crippen MR) is 52.1 cm³/mol. The highest BCUT2D eigenvalue weighted by Gasteiger charge is 2.20. The summed E-state index contributed by atoms with van der Waals surface area (Å²) in [6.45, 7) is 4.71. The molecule has 0 radical (unpaired) electrons. The highest BCUT2D eigenvalue weighted by molar-refractivity contribution is 7.86. The van der Waals surface area contributed by atoms with Crippen LogP contribution >= 0.6 is 0 Å². The van der Waals surface area contributed by atoms with Crippen LogP contribution in [-0.4, -0.2) is 18.1 Å². The maximum atomic E-state index is 11.0. The van der Waals surface area contributed by atoms with Crippen LogP contribution in [-0.2, 0) is 10.1 Å². The number of rotatable bonds is 1. The molecule has 0 aliphatic heterocycles. The zero-order valence-corrected chi connectivity index (χ0v) is 9.01. The topological polar surface area (TPSA) is 74.6 Å². The SMILES string of the molecule is Cc1cc(O)c(C)c(S(=O)(=O)O)c1C. The molecule has 0 spiro atoms. The van der Waals surface area contributed by atoms with E-state index in [9.17, 15) is 13.5 Å². The fraction of sp³-hybridized carbons (Fsp3) is 0.333. The van der Waals surface area contributed by atoms with Crippen LogP contribution in [0.2, 0.25) is 0 Å². The Morgan fingerprint density at radius 2 is 1.64 bits per heavy atom. The summed E-state index contributed by atoms with van der Waals surface area (Å²) in [7, 11) is -4.27. The van der Waals surface area contributed by atoms with Crippen LogP contribution in [0.1, 0.15) is 16.7 Å². The molecule has 0 amide bonds. The molecule has 2 N–H and O–H groups in total. The summed E-state index contributed by atoms with van der Waals surface area (Å²) in [4.78, 5) is -0.199. The molecule has 0 atom stereocenters. The minimum atomic E-state index is -4.27. The second-order valence-corrected chi connectivity index (χ2v) is 4.63. The smallest absolute Gasteiger partial charge is 0.295 e. The zero-order valence-electron chi connectivity index (χ0n) is 8.20. The molecule has 0 aromatic heterocycles. The molecule has 1 rings (SSSR count). The maximum absolute atomic E-state index is 11.0. The molecule has 0 bridgehead atoms. The van der Waals surface area contributed by atoms with E-state index < -0.39 is 10.1 Å². The van der Waals surface area contributed by atoms with Crippen molar-refractivity contribution in [2.24, 2.45) is 0 Å². The first-order chi connectivity index (χ1) is 6.25. The molecule has 4 nitrogen and oxygen atoms in total. The van der Waals surface area contributed by atoms with Crippen molar-refractivity contribution in [3.63, 3.8) is 0 Å². The number of phenolic OH excluding ortho intramolecular Hbond substituents is 1. The first kappa shape index (κ1) is 11.0. The Morgan fingerprint density at radius 3 is 2.07 bits per heavy atom. The Balaban J connectivity index is 3.74. The van der Waals surface area contributed by atoms with Crippen LogP contribution in [0.5, 0.6) is 5.75 Å². The average molecular weight is 216 g/mol. The van der Waals surface area contributed by atoms with Crippen molar-refractivity contribution in [2.75, 3.05) is 0 Å². The zero-order chi connectivity index (χ0) is 11.1. The van der Waals surface area contributed by atoms with Gasteiger partial charge in [0.05, 0.1) is 0 Å². The lowest BCUT2D eigenvalue weighted by Crippen LogP contribution is -2.05. The van der Waals surface area contributed by atoms with Crippen LogP contribution in [0.4, 0.5) is 0 Å². The van der Waals surface area contributed by atoms with Crippen molar-refractivity contribution in [3.8, 4) is 5.75 Å². The quantitative estimate of drug-likeness (QED) is 0.699. The molecule has 0 aliphatic rings. The van der Waals surface area contributed by atoms with Gasteiger partial charge in [0.15, 0.2) is 0 Å². The summed E-state index contributed by atoms with van der Waals surface area (Å²) in [5.41, 5.74) is 1.26. The molecule has 0 saturated heterocycles. The Morgan fingerprint density at radius 1 is 1.14 bits per heavy atom. The lowest BCUT2D eigenvalue weighted by Gasteiger charge is -2.10. The van der Waals surface area contributed by atoms with E-state index in [1.165, 1.54) is 13.0 Å². The van der Waals surface area contributed by atoms with Gasteiger partial charge in [-0.3, -0.25) is 4.55 Å². The minimum Gasteiger partial charge on any atom is -0.508 e. The molecular weight excluding hydrogens is 204 g/mol. The average Bonchev–Trinajstić information content (AvgIpc) is 1.98. The van der Waals surface area contributed by atoms with Gasteiger partial charge in [-0.05, 0) is 38.0 Å². The van der Waals surface area contributed by atoms with Crippen LogP contribution in [0.15, 0.2) is 11.0 Å². The molecule has 78 valence electrons. The van der Waals surface area contributed by atoms with E-state index in [2.05, 4.69) is 0 Å². The maximum Gasteiger partial charge on any atom is 0.295 e. The minimum absolute atomic E-state index is 0.124. The molecule has 0 aliphatic carbocycles. The van der Waals surface area contributed by atoms with Crippen LogP contribution < -0.4 is 0 Å². The third-order valence-corrected chi connectivity index (χ3v) is 3.40. The second kappa shape index (κ2) is 3.25. The van der Waals surface area contributed by atoms with Gasteiger partial charge in [0.1, 0.15) is 10.6 Å². The van der Waals surface area contributed by atoms with Gasteiger partial charge < -0.3 is 5.11 Å². The van der Waals surface area contributed by atoms with Gasteiger partial charge in [0, 0.05) is 5.56 Å². The molecule has 5 heteroatoms. The molecule has 1 aromatic rings. The standard InChI is InChI=1S/C9H12O4S/c1-5-4-8(10)7(3)9(6(5)2)14(11,12)13/h4,10H,1-3H3,(H,11,12,13). The third kappa shape index (κ3) is 1.73. The normalized spacial score (nSPS) is 11.7. The fourth-order valence-corrected chi connectivity index (χ4v) is 2.42. The largest absolute Gasteiger partial charge is 0.508 e. The Kier molecular flexibility index (Phi) is 2.56. The monoisotopic (exact) mass is 216 g/mol. The molecule has 14 heavy (non-hydrogen) atoms. The van der Waals surface area contributed by atoms with Crippen LogP contribution in [0.25, 0.3) is 0 Å². The van der Waals surface area contributed by atoms with Gasteiger partial charge in [0.25, 0.3) is 10.1 Å². The molecule has 0 unspecified atom stereocenters. The van der Waals surface area contributed by atoms with Crippen molar-refractivity contribution in [1.82, 2.24) is 0 Å². The van der Waals surface area contributed by atoms with Gasteiger partial charge in [-0.1, -0.05) is 0 Å². The number of phenols is 1. The summed E-state index contributed by atoms with van der Waals surface area (Å²) < 4.78 is 31.0. The van der Waals surface area contributed by atoms with Crippen molar-refractivity contribution in [3.05, 3.63) is 22.8 Å². The summed E-state index contributed by atoms with van der Waals surface area (Å²) >= 11 is 0. The van der Waals surface area contributed by atoms with Crippen molar-refractivity contribution in [1.29, 1.82) is 0 Å². The lowest BCUT2D eigenvalue weighted by molar-refractivity contribution is 0.460. The first-order valence-electron chi connectivity index (χ1n) is 4.02. The van der Waals surface area contributed by atoms with Crippen molar-refractivity contribution in [2.45, 2.75) is 25.7 Å². The van der Waals surface area contributed by atoms with E-state index in [-0.39, 0.29) is 16.2 Å².